The highest BCUT2D eigenvalue weighted by Gasteiger charge is 2.17. The third-order valence-corrected chi connectivity index (χ3v) is 3.09. The molecule has 1 aromatic rings. The van der Waals surface area contributed by atoms with Crippen molar-refractivity contribution < 1.29 is 9.84 Å². The van der Waals surface area contributed by atoms with Crippen molar-refractivity contribution in [1.29, 1.82) is 0 Å². The molecule has 0 bridgehead atoms. The number of ether oxygens (including phenoxy) is 1. The van der Waals surface area contributed by atoms with E-state index < -0.39 is 0 Å². The lowest BCUT2D eigenvalue weighted by atomic mass is 9.95. The predicted molar refractivity (Wildman–Crippen MR) is 73.1 cm³/mol. The van der Waals surface area contributed by atoms with Crippen LogP contribution in [0.4, 0.5) is 5.69 Å². The van der Waals surface area contributed by atoms with Gasteiger partial charge >= 0.3 is 0 Å². The van der Waals surface area contributed by atoms with Gasteiger partial charge in [0.15, 0.2) is 0 Å². The summed E-state index contributed by atoms with van der Waals surface area (Å²) in [6, 6.07) is 5.74. The number of benzene rings is 1. The molecule has 1 aliphatic rings. The fourth-order valence-electron chi connectivity index (χ4n) is 2.22. The lowest BCUT2D eigenvalue weighted by molar-refractivity contribution is 0.122. The number of anilines is 1. The SMILES string of the molecule is CC(C)(N)Cc1cc(N2CCOCC2)ccc1O. The summed E-state index contributed by atoms with van der Waals surface area (Å²) < 4.78 is 5.34. The molecule has 0 radical (unpaired) electrons. The second-order valence-electron chi connectivity index (χ2n) is 5.58. The molecule has 100 valence electrons. The molecule has 0 unspecified atom stereocenters. The van der Waals surface area contributed by atoms with Crippen LogP contribution in [0.15, 0.2) is 18.2 Å². The standard InChI is InChI=1S/C14H22N2O2/c1-14(2,15)10-11-9-12(3-4-13(11)17)16-5-7-18-8-6-16/h3-4,9,17H,5-8,10,15H2,1-2H3. The van der Waals surface area contributed by atoms with E-state index in [1.807, 2.05) is 26.0 Å². The summed E-state index contributed by atoms with van der Waals surface area (Å²) in [6.45, 7) is 7.26. The number of nitrogens with two attached hydrogens (primary N) is 1. The summed E-state index contributed by atoms with van der Waals surface area (Å²) in [5, 5.41) is 9.90. The molecule has 1 aromatic carbocycles. The van der Waals surface area contributed by atoms with Crippen molar-refractivity contribution >= 4 is 5.69 Å². The quantitative estimate of drug-likeness (QED) is 0.853. The first-order valence-electron chi connectivity index (χ1n) is 6.39. The number of hydrogen-bond donors (Lipinski definition) is 2. The highest BCUT2D eigenvalue weighted by atomic mass is 16.5. The van der Waals surface area contributed by atoms with Crippen molar-refractivity contribution in [2.75, 3.05) is 31.2 Å². The Morgan fingerprint density at radius 1 is 1.33 bits per heavy atom. The van der Waals surface area contributed by atoms with Gasteiger partial charge in [-0.3, -0.25) is 0 Å². The summed E-state index contributed by atoms with van der Waals surface area (Å²) >= 11 is 0. The number of morpholine rings is 1. The van der Waals surface area contributed by atoms with Crippen LogP contribution in [0, 0.1) is 0 Å². The maximum absolute atomic E-state index is 9.90. The van der Waals surface area contributed by atoms with Gasteiger partial charge < -0.3 is 20.5 Å². The molecule has 1 saturated heterocycles. The molecule has 0 saturated carbocycles. The van der Waals surface area contributed by atoms with Crippen molar-refractivity contribution in [3.8, 4) is 5.75 Å². The number of nitrogens with zero attached hydrogens (tertiary/aromatic N) is 1. The summed E-state index contributed by atoms with van der Waals surface area (Å²) in [5.74, 6) is 0.325. The molecule has 0 atom stereocenters. The number of phenolic OH excluding ortho intramolecular Hbond substituents is 1. The second kappa shape index (κ2) is 5.16. The third-order valence-electron chi connectivity index (χ3n) is 3.09. The molecular formula is C14H22N2O2. The molecule has 0 spiro atoms. The number of hydrogen-bond acceptors (Lipinski definition) is 4. The Labute approximate surface area is 108 Å². The van der Waals surface area contributed by atoms with Gasteiger partial charge in [-0.15, -0.1) is 0 Å². The van der Waals surface area contributed by atoms with E-state index in [9.17, 15) is 5.11 Å². The first-order chi connectivity index (χ1) is 8.46. The Morgan fingerprint density at radius 2 is 2.00 bits per heavy atom. The van der Waals surface area contributed by atoms with Crippen LogP contribution in [0.1, 0.15) is 19.4 Å². The molecule has 1 heterocycles. The van der Waals surface area contributed by atoms with Gasteiger partial charge in [-0.05, 0) is 44.0 Å². The van der Waals surface area contributed by atoms with Gasteiger partial charge in [0.05, 0.1) is 13.2 Å². The zero-order valence-corrected chi connectivity index (χ0v) is 11.1. The van der Waals surface area contributed by atoms with Gasteiger partial charge in [0.1, 0.15) is 5.75 Å². The van der Waals surface area contributed by atoms with E-state index in [4.69, 9.17) is 10.5 Å². The molecule has 1 fully saturated rings. The van der Waals surface area contributed by atoms with Crippen LogP contribution >= 0.6 is 0 Å². The van der Waals surface area contributed by atoms with E-state index in [1.165, 1.54) is 0 Å². The molecule has 4 nitrogen and oxygen atoms in total. The van der Waals surface area contributed by atoms with Gasteiger partial charge in [0.2, 0.25) is 0 Å². The Kier molecular flexibility index (Phi) is 3.78. The molecule has 0 amide bonds. The van der Waals surface area contributed by atoms with E-state index in [0.717, 1.165) is 37.6 Å². The summed E-state index contributed by atoms with van der Waals surface area (Å²) in [4.78, 5) is 2.27. The number of phenols is 1. The van der Waals surface area contributed by atoms with Gasteiger partial charge in [0.25, 0.3) is 0 Å². The van der Waals surface area contributed by atoms with Crippen LogP contribution in [0.2, 0.25) is 0 Å². The molecule has 2 rings (SSSR count). The highest BCUT2D eigenvalue weighted by Crippen LogP contribution is 2.27. The molecule has 0 aliphatic carbocycles. The lowest BCUT2D eigenvalue weighted by Crippen LogP contribution is -2.36. The lowest BCUT2D eigenvalue weighted by Gasteiger charge is -2.29. The summed E-state index contributed by atoms with van der Waals surface area (Å²) in [6.07, 6.45) is 0.664. The minimum absolute atomic E-state index is 0.318. The van der Waals surface area contributed by atoms with Crippen LogP contribution in [0.25, 0.3) is 0 Å². The first-order valence-corrected chi connectivity index (χ1v) is 6.39. The Balaban J connectivity index is 2.19. The molecular weight excluding hydrogens is 228 g/mol. The van der Waals surface area contributed by atoms with E-state index in [2.05, 4.69) is 4.90 Å². The zero-order valence-electron chi connectivity index (χ0n) is 11.1. The fourth-order valence-corrected chi connectivity index (χ4v) is 2.22. The summed E-state index contributed by atoms with van der Waals surface area (Å²) in [7, 11) is 0. The molecule has 0 aromatic heterocycles. The summed E-state index contributed by atoms with van der Waals surface area (Å²) in [5.41, 5.74) is 7.75. The highest BCUT2D eigenvalue weighted by molar-refractivity contribution is 5.53. The molecule has 3 N–H and O–H groups in total. The average Bonchev–Trinajstić information content (AvgIpc) is 2.31. The van der Waals surface area contributed by atoms with E-state index in [-0.39, 0.29) is 5.54 Å². The largest absolute Gasteiger partial charge is 0.508 e. The van der Waals surface area contributed by atoms with Gasteiger partial charge in [0, 0.05) is 24.3 Å². The number of rotatable bonds is 3. The third kappa shape index (κ3) is 3.37. The maximum atomic E-state index is 9.90. The minimum atomic E-state index is -0.318. The van der Waals surface area contributed by atoms with E-state index in [1.54, 1.807) is 6.07 Å². The van der Waals surface area contributed by atoms with Crippen molar-refractivity contribution in [2.45, 2.75) is 25.8 Å². The van der Waals surface area contributed by atoms with Gasteiger partial charge in [-0.2, -0.15) is 0 Å². The van der Waals surface area contributed by atoms with Crippen molar-refractivity contribution in [3.05, 3.63) is 23.8 Å². The predicted octanol–water partition coefficient (Wildman–Crippen LogP) is 1.51. The van der Waals surface area contributed by atoms with Crippen LogP contribution in [-0.4, -0.2) is 36.9 Å². The zero-order chi connectivity index (χ0) is 13.2. The van der Waals surface area contributed by atoms with E-state index in [0.29, 0.717) is 12.2 Å². The van der Waals surface area contributed by atoms with Crippen molar-refractivity contribution in [2.24, 2.45) is 5.73 Å². The molecule has 1 aliphatic heterocycles. The van der Waals surface area contributed by atoms with Crippen LogP contribution < -0.4 is 10.6 Å². The minimum Gasteiger partial charge on any atom is -0.508 e. The topological polar surface area (TPSA) is 58.7 Å². The van der Waals surface area contributed by atoms with Crippen LogP contribution in [0.3, 0.4) is 0 Å². The normalized spacial score (nSPS) is 16.9. The Hall–Kier alpha value is -1.26. The van der Waals surface area contributed by atoms with Crippen LogP contribution in [-0.2, 0) is 11.2 Å². The smallest absolute Gasteiger partial charge is 0.118 e. The maximum Gasteiger partial charge on any atom is 0.118 e. The van der Waals surface area contributed by atoms with Crippen molar-refractivity contribution in [3.63, 3.8) is 0 Å². The van der Waals surface area contributed by atoms with Crippen molar-refractivity contribution in [1.82, 2.24) is 0 Å². The average molecular weight is 250 g/mol. The monoisotopic (exact) mass is 250 g/mol. The number of aromatic hydroxyl groups is 1. The molecule has 4 heteroatoms. The Morgan fingerprint density at radius 3 is 2.61 bits per heavy atom. The first kappa shape index (κ1) is 13.2. The van der Waals surface area contributed by atoms with Gasteiger partial charge in [-0.25, -0.2) is 0 Å². The van der Waals surface area contributed by atoms with E-state index >= 15 is 0 Å². The fraction of sp³-hybridized carbons (Fsp3) is 0.571. The van der Waals surface area contributed by atoms with Gasteiger partial charge in [-0.1, -0.05) is 0 Å². The Bertz CT molecular complexity index is 407. The van der Waals surface area contributed by atoms with Crippen LogP contribution in [0.5, 0.6) is 5.75 Å². The second-order valence-corrected chi connectivity index (χ2v) is 5.58. The molecule has 18 heavy (non-hydrogen) atoms.